The lowest BCUT2D eigenvalue weighted by molar-refractivity contribution is -0.629. The van der Waals surface area contributed by atoms with Gasteiger partial charge in [0.25, 0.3) is 5.65 Å². The van der Waals surface area contributed by atoms with Gasteiger partial charge in [-0.3, -0.25) is 4.79 Å². The number of hydrogen-bond acceptors (Lipinski definition) is 5. The molecule has 0 atom stereocenters. The average Bonchev–Trinajstić information content (AvgIpc) is 3.04. The minimum absolute atomic E-state index is 0.0868. The molecule has 0 spiro atoms. The Kier molecular flexibility index (Phi) is 5.29. The van der Waals surface area contributed by atoms with E-state index in [4.69, 9.17) is 10.7 Å². The van der Waals surface area contributed by atoms with Crippen molar-refractivity contribution in [1.82, 2.24) is 4.98 Å². The van der Waals surface area contributed by atoms with Gasteiger partial charge in [0.1, 0.15) is 10.4 Å². The van der Waals surface area contributed by atoms with E-state index in [2.05, 4.69) is 10.3 Å². The maximum absolute atomic E-state index is 12.0. The number of aromatic nitrogens is 2. The number of nitrogens with one attached hydrogen (secondary N) is 1. The number of nitrogens with zero attached hydrogens (tertiary/aromatic N) is 3. The lowest BCUT2D eigenvalue weighted by Crippen LogP contribution is -2.28. The fourth-order valence-corrected chi connectivity index (χ4v) is 4.36. The van der Waals surface area contributed by atoms with Crippen LogP contribution < -0.4 is 15.6 Å². The molecule has 3 N–H and O–H groups in total. The smallest absolute Gasteiger partial charge is 0.323 e. The summed E-state index contributed by atoms with van der Waals surface area (Å²) in [6.45, 7) is 3.32. The molecule has 30 heavy (non-hydrogen) atoms. The number of anilines is 2. The number of carbonyl (C=O) groups is 1. The van der Waals surface area contributed by atoms with E-state index in [0.717, 1.165) is 21.1 Å². The molecule has 0 aliphatic heterocycles. The molecule has 6 nitrogen and oxygen atoms in total. The molecule has 2 aromatic carbocycles. The lowest BCUT2D eigenvalue weighted by atomic mass is 10.1. The molecule has 0 unspecified atom stereocenters. The summed E-state index contributed by atoms with van der Waals surface area (Å²) in [4.78, 5) is 21.6. The maximum Gasteiger partial charge on any atom is 0.323 e. The molecule has 2 heterocycles. The van der Waals surface area contributed by atoms with Crippen LogP contribution in [0.25, 0.3) is 10.3 Å². The largest absolute Gasteiger partial charge is 0.397 e. The second-order valence-electron chi connectivity index (χ2n) is 6.96. The van der Waals surface area contributed by atoms with Crippen molar-refractivity contribution in [3.8, 4) is 0 Å². The number of para-hydroxylation sites is 1. The third kappa shape index (κ3) is 3.67. The molecular weight excluding hydrogens is 394 g/mol. The number of hydrogen-bond donors (Lipinski definition) is 2. The van der Waals surface area contributed by atoms with Crippen molar-refractivity contribution in [2.24, 2.45) is 12.0 Å². The van der Waals surface area contributed by atoms with Gasteiger partial charge in [-0.25, -0.2) is 4.57 Å². The second-order valence-corrected chi connectivity index (χ2v) is 7.93. The van der Waals surface area contributed by atoms with Crippen molar-refractivity contribution in [3.05, 3.63) is 77.5 Å². The topological polar surface area (TPSA) is 84.2 Å². The number of carbonyl (C=O) groups excluding carboxylic acids is 1. The molecule has 0 saturated carbocycles. The van der Waals surface area contributed by atoms with Crippen LogP contribution >= 0.6 is 11.3 Å². The van der Waals surface area contributed by atoms with E-state index in [1.54, 1.807) is 6.92 Å². The molecular formula is C23H22N5OS+. The number of pyridine rings is 1. The molecule has 0 aliphatic rings. The molecule has 2 aromatic heterocycles. The first-order chi connectivity index (χ1) is 14.5. The molecule has 0 aliphatic carbocycles. The van der Waals surface area contributed by atoms with Gasteiger partial charge in [0.15, 0.2) is 5.78 Å². The Morgan fingerprint density at radius 1 is 1.10 bits per heavy atom. The molecule has 0 fully saturated rings. The number of thiazole rings is 1. The molecule has 0 saturated heterocycles. The van der Waals surface area contributed by atoms with Crippen molar-refractivity contribution in [3.63, 3.8) is 0 Å². The fraction of sp³-hybridized carbons (Fsp3) is 0.130. The molecule has 4 aromatic rings. The van der Waals surface area contributed by atoms with E-state index in [9.17, 15) is 4.79 Å². The van der Waals surface area contributed by atoms with Gasteiger partial charge in [-0.2, -0.15) is 0 Å². The number of amidine groups is 1. The van der Waals surface area contributed by atoms with Crippen molar-refractivity contribution < 1.29 is 9.36 Å². The van der Waals surface area contributed by atoms with Crippen LogP contribution in [0.2, 0.25) is 0 Å². The van der Waals surface area contributed by atoms with E-state index < -0.39 is 0 Å². The van der Waals surface area contributed by atoms with Crippen LogP contribution in [0.5, 0.6) is 0 Å². The predicted octanol–water partition coefficient (Wildman–Crippen LogP) is 4.40. The maximum atomic E-state index is 12.0. The van der Waals surface area contributed by atoms with E-state index in [1.165, 1.54) is 18.3 Å². The van der Waals surface area contributed by atoms with Gasteiger partial charge in [0.2, 0.25) is 5.84 Å². The number of benzene rings is 2. The van der Waals surface area contributed by atoms with Crippen LogP contribution in [0.1, 0.15) is 28.5 Å². The summed E-state index contributed by atoms with van der Waals surface area (Å²) in [6, 6.07) is 19.8. The fourth-order valence-electron chi connectivity index (χ4n) is 3.33. The summed E-state index contributed by atoms with van der Waals surface area (Å²) in [5.41, 5.74) is 10.5. The number of aliphatic imine (C=N–C) groups is 1. The highest BCUT2D eigenvalue weighted by Crippen LogP contribution is 2.33. The zero-order valence-corrected chi connectivity index (χ0v) is 17.8. The normalized spacial score (nSPS) is 11.6. The third-order valence-electron chi connectivity index (χ3n) is 4.79. The summed E-state index contributed by atoms with van der Waals surface area (Å²) in [6.07, 6.45) is 0. The zero-order chi connectivity index (χ0) is 21.3. The quantitative estimate of drug-likeness (QED) is 0.223. The number of fused-ring (bicyclic) bond motifs is 1. The van der Waals surface area contributed by atoms with Crippen LogP contribution in [0.3, 0.4) is 0 Å². The standard InChI is InChI=1S/C23H21N5OS/c1-14-18(15(2)29)19(24)20-22(25-14)28(3)23(30-20)27-21(16-10-6-4-7-11-16)26-17-12-8-5-9-13-17/h4-13H,1-3H3,(H2,24,25,29)/p+1. The summed E-state index contributed by atoms with van der Waals surface area (Å²) in [5, 5.41) is 4.14. The van der Waals surface area contributed by atoms with E-state index in [1.807, 2.05) is 72.3 Å². The van der Waals surface area contributed by atoms with Crippen LogP contribution in [-0.4, -0.2) is 16.6 Å². The number of ketones is 1. The first kappa shape index (κ1) is 19.7. The van der Waals surface area contributed by atoms with Crippen molar-refractivity contribution >= 4 is 49.8 Å². The Labute approximate surface area is 178 Å². The molecule has 0 bridgehead atoms. The number of rotatable bonds is 4. The van der Waals surface area contributed by atoms with E-state index in [0.29, 0.717) is 28.4 Å². The van der Waals surface area contributed by atoms with Gasteiger partial charge >= 0.3 is 5.13 Å². The number of nitrogens with two attached hydrogens (primary N) is 1. The molecule has 0 amide bonds. The molecule has 4 rings (SSSR count). The highest BCUT2D eigenvalue weighted by molar-refractivity contribution is 7.22. The van der Waals surface area contributed by atoms with Gasteiger partial charge in [0, 0.05) is 11.3 Å². The Balaban J connectivity index is 1.88. The van der Waals surface area contributed by atoms with Gasteiger partial charge in [0.05, 0.1) is 18.3 Å². The van der Waals surface area contributed by atoms with Gasteiger partial charge in [-0.1, -0.05) is 52.7 Å². The first-order valence-electron chi connectivity index (χ1n) is 9.51. The average molecular weight is 417 g/mol. The van der Waals surface area contributed by atoms with Crippen LogP contribution in [0, 0.1) is 6.92 Å². The first-order valence-corrected chi connectivity index (χ1v) is 10.3. The van der Waals surface area contributed by atoms with Gasteiger partial charge < -0.3 is 11.1 Å². The summed E-state index contributed by atoms with van der Waals surface area (Å²) in [5.74, 6) is 0.627. The lowest BCUT2D eigenvalue weighted by Gasteiger charge is -2.07. The highest BCUT2D eigenvalue weighted by Gasteiger charge is 2.25. The Morgan fingerprint density at radius 3 is 2.37 bits per heavy atom. The molecule has 7 heteroatoms. The van der Waals surface area contributed by atoms with Crippen molar-refractivity contribution in [2.75, 3.05) is 11.1 Å². The minimum Gasteiger partial charge on any atom is -0.397 e. The number of aryl methyl sites for hydroxylation is 2. The third-order valence-corrected chi connectivity index (χ3v) is 5.95. The van der Waals surface area contributed by atoms with E-state index >= 15 is 0 Å². The number of Topliss-reactive ketones (excluding diaryl/α,β-unsaturated/α-hetero) is 1. The monoisotopic (exact) mass is 416 g/mol. The minimum atomic E-state index is -0.0868. The molecule has 150 valence electrons. The zero-order valence-electron chi connectivity index (χ0n) is 17.0. The number of nitrogen functional groups attached to an aromatic ring is 1. The summed E-state index contributed by atoms with van der Waals surface area (Å²) in [7, 11) is 1.90. The Bertz CT molecular complexity index is 1260. The predicted molar refractivity (Wildman–Crippen MR) is 123 cm³/mol. The second kappa shape index (κ2) is 8.04. The highest BCUT2D eigenvalue weighted by atomic mass is 32.1. The van der Waals surface area contributed by atoms with Crippen molar-refractivity contribution in [1.29, 1.82) is 0 Å². The van der Waals surface area contributed by atoms with E-state index in [-0.39, 0.29) is 5.78 Å². The van der Waals surface area contributed by atoms with Crippen LogP contribution in [0.15, 0.2) is 65.7 Å². The Morgan fingerprint density at radius 2 is 1.73 bits per heavy atom. The van der Waals surface area contributed by atoms with Crippen LogP contribution in [-0.2, 0) is 7.05 Å². The Hall–Kier alpha value is -3.58. The van der Waals surface area contributed by atoms with Gasteiger partial charge in [-0.15, -0.1) is 4.98 Å². The SMILES string of the molecule is CC(=O)c1c(C)nc2c(sc(N=C(Nc3ccccc3)c3ccccc3)[n+]2C)c1N. The van der Waals surface area contributed by atoms with Gasteiger partial charge in [-0.05, 0) is 38.1 Å². The van der Waals surface area contributed by atoms with Crippen molar-refractivity contribution in [2.45, 2.75) is 13.8 Å². The summed E-state index contributed by atoms with van der Waals surface area (Å²) >= 11 is 1.42. The van der Waals surface area contributed by atoms with Crippen LogP contribution in [0.4, 0.5) is 16.5 Å². The molecule has 0 radical (unpaired) electrons. The summed E-state index contributed by atoms with van der Waals surface area (Å²) < 4.78 is 2.67.